The Morgan fingerprint density at radius 2 is 1.33 bits per heavy atom. The normalized spacial score (nSPS) is 14.0. The molecule has 0 bridgehead atoms. The number of rotatable bonds is 5. The van der Waals surface area contributed by atoms with Crippen molar-refractivity contribution in [1.82, 2.24) is 4.72 Å². The van der Waals surface area contributed by atoms with Gasteiger partial charge < -0.3 is 5.73 Å². The van der Waals surface area contributed by atoms with Crippen LogP contribution in [0.2, 0.25) is 0 Å². The van der Waals surface area contributed by atoms with E-state index in [0.717, 1.165) is 17.4 Å². The highest BCUT2D eigenvalue weighted by atomic mass is 35.5. The number of sulfonamides is 1. The molecule has 0 aliphatic carbocycles. The average molecular weight is 327 g/mol. The van der Waals surface area contributed by atoms with Crippen molar-refractivity contribution < 1.29 is 8.42 Å². The van der Waals surface area contributed by atoms with Crippen LogP contribution in [-0.4, -0.2) is 14.7 Å². The Bertz CT molecular complexity index is 648. The van der Waals surface area contributed by atoms with Gasteiger partial charge in [0.1, 0.15) is 0 Å². The first kappa shape index (κ1) is 17.7. The first-order chi connectivity index (χ1) is 9.47. The predicted molar refractivity (Wildman–Crippen MR) is 87.8 cm³/mol. The van der Waals surface area contributed by atoms with Gasteiger partial charge in [0.2, 0.25) is 10.0 Å². The summed E-state index contributed by atoms with van der Waals surface area (Å²) in [5, 5.41) is 0. The average Bonchev–Trinajstić information content (AvgIpc) is 2.45. The van der Waals surface area contributed by atoms with Gasteiger partial charge in [0.15, 0.2) is 0 Å². The zero-order chi connectivity index (χ0) is 14.6. The highest BCUT2D eigenvalue weighted by Crippen LogP contribution is 2.27. The summed E-state index contributed by atoms with van der Waals surface area (Å²) in [6, 6.07) is 17.9. The molecule has 2 rings (SSSR count). The fourth-order valence-corrected chi connectivity index (χ4v) is 2.85. The van der Waals surface area contributed by atoms with Crippen molar-refractivity contribution in [3.63, 3.8) is 0 Å². The Morgan fingerprint density at radius 1 is 0.905 bits per heavy atom. The molecule has 2 atom stereocenters. The maximum absolute atomic E-state index is 11.6. The lowest BCUT2D eigenvalue weighted by Gasteiger charge is -2.25. The van der Waals surface area contributed by atoms with Crippen LogP contribution < -0.4 is 10.5 Å². The van der Waals surface area contributed by atoms with Gasteiger partial charge in [-0.05, 0) is 11.1 Å². The van der Waals surface area contributed by atoms with Crippen molar-refractivity contribution in [3.8, 4) is 0 Å². The summed E-state index contributed by atoms with van der Waals surface area (Å²) >= 11 is 0. The van der Waals surface area contributed by atoms with Gasteiger partial charge in [0, 0.05) is 0 Å². The third-order valence-electron chi connectivity index (χ3n) is 3.04. The highest BCUT2D eigenvalue weighted by Gasteiger charge is 2.24. The van der Waals surface area contributed by atoms with E-state index in [9.17, 15) is 8.42 Å². The van der Waals surface area contributed by atoms with Crippen molar-refractivity contribution in [3.05, 3.63) is 71.8 Å². The van der Waals surface area contributed by atoms with Crippen LogP contribution in [0.15, 0.2) is 60.7 Å². The van der Waals surface area contributed by atoms with Crippen molar-refractivity contribution in [2.75, 3.05) is 6.26 Å². The van der Waals surface area contributed by atoms with E-state index in [1.165, 1.54) is 0 Å². The summed E-state index contributed by atoms with van der Waals surface area (Å²) in [7, 11) is -3.35. The number of hydrogen-bond acceptors (Lipinski definition) is 3. The summed E-state index contributed by atoms with van der Waals surface area (Å²) in [5.74, 6) is 0. The van der Waals surface area contributed by atoms with Crippen LogP contribution in [0, 0.1) is 0 Å². The minimum atomic E-state index is -3.35. The molecule has 0 aliphatic heterocycles. The molecule has 0 fully saturated rings. The molecule has 0 aliphatic rings. The molecule has 114 valence electrons. The third-order valence-corrected chi connectivity index (χ3v) is 3.73. The predicted octanol–water partition coefficient (Wildman–Crippen LogP) is 2.40. The van der Waals surface area contributed by atoms with E-state index < -0.39 is 22.1 Å². The second-order valence-corrected chi connectivity index (χ2v) is 6.49. The Morgan fingerprint density at radius 3 is 1.76 bits per heavy atom. The Kier molecular flexibility index (Phi) is 6.36. The minimum absolute atomic E-state index is 0. The summed E-state index contributed by atoms with van der Waals surface area (Å²) < 4.78 is 25.8. The molecule has 0 amide bonds. The number of benzene rings is 2. The monoisotopic (exact) mass is 326 g/mol. The molecule has 0 radical (unpaired) electrons. The molecule has 0 aromatic heterocycles. The van der Waals surface area contributed by atoms with Crippen molar-refractivity contribution in [2.45, 2.75) is 12.1 Å². The van der Waals surface area contributed by atoms with Crippen LogP contribution in [-0.2, 0) is 10.0 Å². The fraction of sp³-hybridized carbons (Fsp3) is 0.200. The lowest BCUT2D eigenvalue weighted by atomic mass is 9.95. The van der Waals surface area contributed by atoms with Gasteiger partial charge in [-0.2, -0.15) is 0 Å². The second-order valence-electron chi connectivity index (χ2n) is 4.71. The lowest BCUT2D eigenvalue weighted by molar-refractivity contribution is 0.507. The summed E-state index contributed by atoms with van der Waals surface area (Å²) in [4.78, 5) is 0. The molecule has 3 N–H and O–H groups in total. The van der Waals surface area contributed by atoms with Crippen LogP contribution >= 0.6 is 12.4 Å². The second kappa shape index (κ2) is 7.56. The number of hydrogen-bond donors (Lipinski definition) is 2. The van der Waals surface area contributed by atoms with E-state index in [1.807, 2.05) is 60.7 Å². The molecular formula is C15H19ClN2O2S. The van der Waals surface area contributed by atoms with Crippen molar-refractivity contribution in [2.24, 2.45) is 5.73 Å². The first-order valence-corrected chi connectivity index (χ1v) is 8.19. The summed E-state index contributed by atoms with van der Waals surface area (Å²) in [5.41, 5.74) is 7.98. The lowest BCUT2D eigenvalue weighted by Crippen LogP contribution is -2.35. The zero-order valence-electron chi connectivity index (χ0n) is 11.6. The van der Waals surface area contributed by atoms with Gasteiger partial charge in [0.25, 0.3) is 0 Å². The molecule has 0 heterocycles. The minimum Gasteiger partial charge on any atom is -0.322 e. The largest absolute Gasteiger partial charge is 0.322 e. The fourth-order valence-electron chi connectivity index (χ4n) is 2.11. The van der Waals surface area contributed by atoms with Crippen LogP contribution in [0.5, 0.6) is 0 Å². The van der Waals surface area contributed by atoms with E-state index >= 15 is 0 Å². The van der Waals surface area contributed by atoms with Crippen LogP contribution in [0.3, 0.4) is 0 Å². The Hall–Kier alpha value is -1.40. The molecule has 0 unspecified atom stereocenters. The summed E-state index contributed by atoms with van der Waals surface area (Å²) in [6.45, 7) is 0. The molecule has 2 aromatic carbocycles. The third kappa shape index (κ3) is 5.13. The van der Waals surface area contributed by atoms with Gasteiger partial charge >= 0.3 is 0 Å². The standard InChI is InChI=1S/C15H18N2O2S.ClH/c1-20(18,19)17-15(13-10-6-3-7-11-13)14(16)12-8-4-2-5-9-12;/h2-11,14-15,17H,16H2,1H3;1H/t14-,15-;/m1./s1. The maximum atomic E-state index is 11.6. The zero-order valence-corrected chi connectivity index (χ0v) is 13.3. The summed E-state index contributed by atoms with van der Waals surface area (Å²) in [6.07, 6.45) is 1.14. The quantitative estimate of drug-likeness (QED) is 0.886. The molecule has 0 saturated heterocycles. The maximum Gasteiger partial charge on any atom is 0.209 e. The van der Waals surface area contributed by atoms with E-state index in [1.54, 1.807) is 0 Å². The molecule has 21 heavy (non-hydrogen) atoms. The van der Waals surface area contributed by atoms with E-state index in [2.05, 4.69) is 4.72 Å². The van der Waals surface area contributed by atoms with E-state index in [4.69, 9.17) is 5.73 Å². The van der Waals surface area contributed by atoms with Crippen LogP contribution in [0.4, 0.5) is 0 Å². The van der Waals surface area contributed by atoms with Gasteiger partial charge in [-0.1, -0.05) is 60.7 Å². The number of nitrogens with two attached hydrogens (primary N) is 1. The molecule has 0 spiro atoms. The van der Waals surface area contributed by atoms with Gasteiger partial charge in [-0.3, -0.25) is 0 Å². The smallest absolute Gasteiger partial charge is 0.209 e. The Balaban J connectivity index is 0.00000220. The molecule has 6 heteroatoms. The van der Waals surface area contributed by atoms with Gasteiger partial charge in [-0.25, -0.2) is 13.1 Å². The van der Waals surface area contributed by atoms with E-state index in [-0.39, 0.29) is 12.4 Å². The number of halogens is 1. The SMILES string of the molecule is CS(=O)(=O)N[C@H](c1ccccc1)[C@H](N)c1ccccc1.Cl. The molecule has 0 saturated carbocycles. The van der Waals surface area contributed by atoms with Crippen LogP contribution in [0.25, 0.3) is 0 Å². The van der Waals surface area contributed by atoms with E-state index in [0.29, 0.717) is 0 Å². The first-order valence-electron chi connectivity index (χ1n) is 6.30. The van der Waals surface area contributed by atoms with Crippen molar-refractivity contribution >= 4 is 22.4 Å². The molecule has 4 nitrogen and oxygen atoms in total. The van der Waals surface area contributed by atoms with Crippen LogP contribution in [0.1, 0.15) is 23.2 Å². The number of nitrogens with one attached hydrogen (secondary N) is 1. The molecular weight excluding hydrogens is 308 g/mol. The molecule has 2 aromatic rings. The van der Waals surface area contributed by atoms with Crippen molar-refractivity contribution in [1.29, 1.82) is 0 Å². The Labute approximate surface area is 131 Å². The van der Waals surface area contributed by atoms with Gasteiger partial charge in [-0.15, -0.1) is 12.4 Å². The highest BCUT2D eigenvalue weighted by molar-refractivity contribution is 7.88. The van der Waals surface area contributed by atoms with Gasteiger partial charge in [0.05, 0.1) is 18.3 Å². The topological polar surface area (TPSA) is 72.2 Å².